The Kier molecular flexibility index (Phi) is 9.64. The number of amides is 1. The Bertz CT molecular complexity index is 1580. The molecule has 1 aromatic heterocycles. The molecule has 0 saturated heterocycles. The Morgan fingerprint density at radius 2 is 1.67 bits per heavy atom. The van der Waals surface area contributed by atoms with Gasteiger partial charge < -0.3 is 14.2 Å². The number of hydrazone groups is 1. The second kappa shape index (κ2) is 13.3. The molecule has 0 aliphatic rings. The minimum Gasteiger partial charge on any atom is -0.497 e. The van der Waals surface area contributed by atoms with Gasteiger partial charge in [0, 0.05) is 18.2 Å². The SMILES string of the molecule is COc1ccc(-n2c(SCC(=O)N/N=C\c3ccc(OC(C)=O)c(OC)c3)nnc2-c2ccc(C(C)(C)C)cc2)cc1. The molecule has 4 rings (SSSR count). The van der Waals surface area contributed by atoms with E-state index in [0.29, 0.717) is 28.0 Å². The topological polar surface area (TPSA) is 117 Å². The van der Waals surface area contributed by atoms with E-state index in [1.54, 1.807) is 25.3 Å². The van der Waals surface area contributed by atoms with Crippen LogP contribution in [0, 0.1) is 0 Å². The zero-order chi connectivity index (χ0) is 30.3. The number of ether oxygens (including phenoxy) is 3. The van der Waals surface area contributed by atoms with E-state index >= 15 is 0 Å². The largest absolute Gasteiger partial charge is 0.497 e. The van der Waals surface area contributed by atoms with E-state index in [4.69, 9.17) is 14.2 Å². The number of thioether (sulfide) groups is 1. The summed E-state index contributed by atoms with van der Waals surface area (Å²) in [5.74, 6) is 1.35. The maximum atomic E-state index is 12.6. The van der Waals surface area contributed by atoms with Gasteiger partial charge in [-0.15, -0.1) is 10.2 Å². The van der Waals surface area contributed by atoms with Crippen LogP contribution in [0.3, 0.4) is 0 Å². The molecular formula is C31H33N5O5S. The fourth-order valence-corrected chi connectivity index (χ4v) is 4.72. The molecule has 0 bridgehead atoms. The van der Waals surface area contributed by atoms with Gasteiger partial charge in [-0.2, -0.15) is 5.10 Å². The molecule has 0 aliphatic heterocycles. The van der Waals surface area contributed by atoms with Crippen molar-refractivity contribution >= 4 is 29.9 Å². The van der Waals surface area contributed by atoms with Crippen molar-refractivity contribution in [3.05, 3.63) is 77.9 Å². The van der Waals surface area contributed by atoms with E-state index in [0.717, 1.165) is 17.0 Å². The highest BCUT2D eigenvalue weighted by molar-refractivity contribution is 7.99. The van der Waals surface area contributed by atoms with Crippen molar-refractivity contribution in [1.82, 2.24) is 20.2 Å². The molecule has 0 spiro atoms. The Balaban J connectivity index is 1.50. The predicted octanol–water partition coefficient (Wildman–Crippen LogP) is 5.42. The first-order chi connectivity index (χ1) is 20.1. The number of nitrogens with zero attached hydrogens (tertiary/aromatic N) is 4. The molecule has 42 heavy (non-hydrogen) atoms. The number of methoxy groups -OCH3 is 2. The third-order valence-corrected chi connectivity index (χ3v) is 7.08. The van der Waals surface area contributed by atoms with Gasteiger partial charge in [-0.1, -0.05) is 56.8 Å². The summed E-state index contributed by atoms with van der Waals surface area (Å²) in [5, 5.41) is 13.5. The predicted molar refractivity (Wildman–Crippen MR) is 163 cm³/mol. The molecule has 0 fully saturated rings. The Labute approximate surface area is 249 Å². The Morgan fingerprint density at radius 1 is 0.952 bits per heavy atom. The fourth-order valence-electron chi connectivity index (χ4n) is 3.98. The summed E-state index contributed by atoms with van der Waals surface area (Å²) in [6.07, 6.45) is 1.47. The van der Waals surface area contributed by atoms with Crippen LogP contribution in [-0.4, -0.2) is 52.8 Å². The molecule has 1 heterocycles. The summed E-state index contributed by atoms with van der Waals surface area (Å²) in [6.45, 7) is 7.82. The van der Waals surface area contributed by atoms with Gasteiger partial charge in [0.1, 0.15) is 5.75 Å². The molecule has 0 unspecified atom stereocenters. The third kappa shape index (κ3) is 7.55. The van der Waals surface area contributed by atoms with Crippen LogP contribution >= 0.6 is 11.8 Å². The van der Waals surface area contributed by atoms with Crippen LogP contribution in [0.4, 0.5) is 0 Å². The smallest absolute Gasteiger partial charge is 0.308 e. The van der Waals surface area contributed by atoms with Crippen molar-refractivity contribution in [3.63, 3.8) is 0 Å². The zero-order valence-corrected chi connectivity index (χ0v) is 25.2. The molecule has 0 radical (unpaired) electrons. The van der Waals surface area contributed by atoms with Gasteiger partial charge in [-0.25, -0.2) is 5.43 Å². The molecular weight excluding hydrogens is 554 g/mol. The number of carbonyl (C=O) groups is 2. The zero-order valence-electron chi connectivity index (χ0n) is 24.4. The number of benzene rings is 3. The van der Waals surface area contributed by atoms with Gasteiger partial charge in [-0.3, -0.25) is 14.2 Å². The molecule has 11 heteroatoms. The summed E-state index contributed by atoms with van der Waals surface area (Å²) in [4.78, 5) is 23.9. The molecule has 3 aromatic carbocycles. The molecule has 10 nitrogen and oxygen atoms in total. The first-order valence-electron chi connectivity index (χ1n) is 13.1. The molecule has 1 N–H and O–H groups in total. The minimum absolute atomic E-state index is 0.0263. The number of carbonyl (C=O) groups excluding carboxylic acids is 2. The van der Waals surface area contributed by atoms with E-state index in [9.17, 15) is 9.59 Å². The van der Waals surface area contributed by atoms with Gasteiger partial charge in [0.05, 0.1) is 26.2 Å². The van der Waals surface area contributed by atoms with Crippen LogP contribution in [0.1, 0.15) is 38.8 Å². The van der Waals surface area contributed by atoms with Crippen LogP contribution < -0.4 is 19.6 Å². The van der Waals surface area contributed by atoms with Crippen LogP contribution in [0.15, 0.2) is 77.0 Å². The first kappa shape index (κ1) is 30.3. The summed E-state index contributed by atoms with van der Waals surface area (Å²) in [7, 11) is 3.09. The minimum atomic E-state index is -0.451. The number of hydrogen-bond donors (Lipinski definition) is 1. The lowest BCUT2D eigenvalue weighted by molar-refractivity contribution is -0.132. The standard InChI is InChI=1S/C31H33N5O5S/c1-20(37)41-26-16-7-21(17-27(26)40-6)18-32-33-28(38)19-42-30-35-34-29(22-8-10-23(11-9-22)31(2,3)4)36(30)24-12-14-25(39-5)15-13-24/h7-18H,19H2,1-6H3,(H,33,38)/b32-18-. The Hall–Kier alpha value is -4.64. The van der Waals surface area contributed by atoms with Crippen molar-refractivity contribution in [2.24, 2.45) is 5.10 Å². The summed E-state index contributed by atoms with van der Waals surface area (Å²) in [5.41, 5.74) is 6.16. The van der Waals surface area contributed by atoms with Crippen LogP contribution in [0.25, 0.3) is 17.1 Å². The maximum Gasteiger partial charge on any atom is 0.308 e. The normalized spacial score (nSPS) is 11.4. The monoisotopic (exact) mass is 587 g/mol. The van der Waals surface area contributed by atoms with E-state index in [1.807, 2.05) is 41.0 Å². The van der Waals surface area contributed by atoms with Crippen molar-refractivity contribution in [3.8, 4) is 34.3 Å². The highest BCUT2D eigenvalue weighted by Crippen LogP contribution is 2.31. The van der Waals surface area contributed by atoms with Crippen molar-refractivity contribution < 1.29 is 23.8 Å². The molecule has 0 aliphatic carbocycles. The van der Waals surface area contributed by atoms with Crippen LogP contribution in [-0.2, 0) is 15.0 Å². The molecule has 4 aromatic rings. The second-order valence-corrected chi connectivity index (χ2v) is 11.2. The summed E-state index contributed by atoms with van der Waals surface area (Å²) < 4.78 is 17.6. The van der Waals surface area contributed by atoms with Crippen LogP contribution in [0.2, 0.25) is 0 Å². The first-order valence-corrected chi connectivity index (χ1v) is 14.1. The number of nitrogens with one attached hydrogen (secondary N) is 1. The molecule has 0 atom stereocenters. The van der Waals surface area contributed by atoms with Crippen molar-refractivity contribution in [2.45, 2.75) is 38.3 Å². The quantitative estimate of drug-likeness (QED) is 0.0860. The van der Waals surface area contributed by atoms with Gasteiger partial charge in [0.2, 0.25) is 0 Å². The highest BCUT2D eigenvalue weighted by atomic mass is 32.2. The number of rotatable bonds is 10. The molecule has 0 saturated carbocycles. The lowest BCUT2D eigenvalue weighted by Gasteiger charge is -2.19. The average molecular weight is 588 g/mol. The van der Waals surface area contributed by atoms with Crippen molar-refractivity contribution in [1.29, 1.82) is 0 Å². The number of aromatic nitrogens is 3. The summed E-state index contributed by atoms with van der Waals surface area (Å²) in [6, 6.07) is 20.8. The maximum absolute atomic E-state index is 12.6. The molecule has 218 valence electrons. The van der Waals surface area contributed by atoms with E-state index in [1.165, 1.54) is 37.6 Å². The van der Waals surface area contributed by atoms with Gasteiger partial charge in [-0.05, 0) is 59.0 Å². The van der Waals surface area contributed by atoms with Gasteiger partial charge >= 0.3 is 5.97 Å². The number of hydrogen-bond acceptors (Lipinski definition) is 9. The second-order valence-electron chi connectivity index (χ2n) is 10.3. The van der Waals surface area contributed by atoms with Gasteiger partial charge in [0.15, 0.2) is 22.5 Å². The van der Waals surface area contributed by atoms with E-state index in [-0.39, 0.29) is 17.1 Å². The lowest BCUT2D eigenvalue weighted by atomic mass is 9.87. The van der Waals surface area contributed by atoms with Crippen LogP contribution in [0.5, 0.6) is 17.2 Å². The average Bonchev–Trinajstić information content (AvgIpc) is 3.40. The van der Waals surface area contributed by atoms with E-state index < -0.39 is 5.97 Å². The van der Waals surface area contributed by atoms with Gasteiger partial charge in [0.25, 0.3) is 5.91 Å². The number of esters is 1. The third-order valence-electron chi connectivity index (χ3n) is 6.15. The molecule has 1 amide bonds. The Morgan fingerprint density at radius 3 is 2.29 bits per heavy atom. The summed E-state index contributed by atoms with van der Waals surface area (Å²) >= 11 is 1.25. The van der Waals surface area contributed by atoms with Crippen molar-refractivity contribution in [2.75, 3.05) is 20.0 Å². The lowest BCUT2D eigenvalue weighted by Crippen LogP contribution is -2.20. The fraction of sp³-hybridized carbons (Fsp3) is 0.258. The highest BCUT2D eigenvalue weighted by Gasteiger charge is 2.19. The van der Waals surface area contributed by atoms with E-state index in [2.05, 4.69) is 53.6 Å².